The van der Waals surface area contributed by atoms with Crippen LogP contribution in [0, 0.1) is 0 Å². The zero-order valence-corrected chi connectivity index (χ0v) is 24.4. The predicted molar refractivity (Wildman–Crippen MR) is 175 cm³/mol. The smallest absolute Gasteiger partial charge is 0.347 e. The van der Waals surface area contributed by atoms with E-state index in [2.05, 4.69) is 19.1 Å². The summed E-state index contributed by atoms with van der Waals surface area (Å²) in [7, 11) is 0. The van der Waals surface area contributed by atoms with Gasteiger partial charge in [-0.25, -0.2) is 19.6 Å². The summed E-state index contributed by atoms with van der Waals surface area (Å²) >= 11 is 0. The van der Waals surface area contributed by atoms with Gasteiger partial charge in [0, 0.05) is 34.9 Å². The highest BCUT2D eigenvalue weighted by molar-refractivity contribution is 5.88. The number of nitrogens with zero attached hydrogens (tertiary/aromatic N) is 4. The lowest BCUT2D eigenvalue weighted by molar-refractivity contribution is 0.474. The minimum absolute atomic E-state index is 0.0269. The van der Waals surface area contributed by atoms with E-state index in [1.165, 1.54) is 24.3 Å². The van der Waals surface area contributed by atoms with Crippen LogP contribution in [0.4, 0.5) is 0 Å². The first kappa shape index (κ1) is 27.4. The number of fused-ring (bicyclic) bond motifs is 4. The standard InChI is InChI=1S/C36H26N4O6/c41-23-11-13-27-25(19-23)35(43)45-33(37-27)31-17-21-7-1-3-9-29(21)39(31)15-5-6-16-40-30-10-4-2-8-22(30)18-32(40)34-38-28-14-12-24(42)20-26(28)36(44)46-34/h1-4,7-14,17-20,41-42H,5-6,15-16H2. The number of aromatic nitrogens is 4. The van der Waals surface area contributed by atoms with Crippen molar-refractivity contribution in [3.8, 4) is 34.7 Å². The van der Waals surface area contributed by atoms with Crippen molar-refractivity contribution < 1.29 is 19.0 Å². The van der Waals surface area contributed by atoms with Crippen molar-refractivity contribution in [3.05, 3.63) is 118 Å². The molecule has 2 N–H and O–H groups in total. The fourth-order valence-corrected chi connectivity index (χ4v) is 6.14. The quantitative estimate of drug-likeness (QED) is 0.188. The van der Waals surface area contributed by atoms with Gasteiger partial charge in [0.05, 0.1) is 21.8 Å². The summed E-state index contributed by atoms with van der Waals surface area (Å²) in [5.41, 5.74) is 3.12. The maximum atomic E-state index is 12.8. The van der Waals surface area contributed by atoms with E-state index in [9.17, 15) is 19.8 Å². The van der Waals surface area contributed by atoms with Crippen LogP contribution < -0.4 is 11.3 Å². The second kappa shape index (κ2) is 10.8. The van der Waals surface area contributed by atoms with E-state index in [-0.39, 0.29) is 34.1 Å². The summed E-state index contributed by atoms with van der Waals surface area (Å²) in [6.45, 7) is 1.26. The topological polar surface area (TPSA) is 137 Å². The fourth-order valence-electron chi connectivity index (χ4n) is 6.14. The summed E-state index contributed by atoms with van der Waals surface area (Å²) in [6, 6.07) is 28.8. The average Bonchev–Trinajstić information content (AvgIpc) is 3.62. The number of phenolic OH excluding ortho intramolecular Hbond substituents is 2. The number of aryl methyl sites for hydroxylation is 2. The minimum Gasteiger partial charge on any atom is -0.508 e. The molecule has 8 rings (SSSR count). The summed E-state index contributed by atoms with van der Waals surface area (Å²) in [5.74, 6) is 0.370. The van der Waals surface area contributed by atoms with Crippen LogP contribution in [0.25, 0.3) is 66.8 Å². The Labute approximate surface area is 260 Å². The molecule has 4 aromatic carbocycles. The van der Waals surface area contributed by atoms with Crippen LogP contribution >= 0.6 is 0 Å². The van der Waals surface area contributed by atoms with Gasteiger partial charge in [-0.2, -0.15) is 0 Å². The first-order valence-corrected chi connectivity index (χ1v) is 14.9. The normalized spacial score (nSPS) is 11.7. The van der Waals surface area contributed by atoms with Crippen molar-refractivity contribution in [1.29, 1.82) is 0 Å². The van der Waals surface area contributed by atoms with Crippen LogP contribution in [0.3, 0.4) is 0 Å². The maximum absolute atomic E-state index is 12.8. The third kappa shape index (κ3) is 4.67. The minimum atomic E-state index is -0.564. The Morgan fingerprint density at radius 1 is 0.565 bits per heavy atom. The van der Waals surface area contributed by atoms with Crippen molar-refractivity contribution in [2.24, 2.45) is 0 Å². The van der Waals surface area contributed by atoms with Gasteiger partial charge in [0.15, 0.2) is 0 Å². The lowest BCUT2D eigenvalue weighted by Gasteiger charge is -2.13. The average molecular weight is 611 g/mol. The van der Waals surface area contributed by atoms with Crippen molar-refractivity contribution in [3.63, 3.8) is 0 Å². The van der Waals surface area contributed by atoms with E-state index < -0.39 is 11.3 Å². The van der Waals surface area contributed by atoms with Crippen LogP contribution in [0.5, 0.6) is 11.5 Å². The SMILES string of the molecule is O=c1oc(-c2cc3ccccc3n2CCCCn2c(-c3nc4ccc(O)cc4c(=O)o3)cc3ccccc32)nc2ccc(O)cc12. The highest BCUT2D eigenvalue weighted by Gasteiger charge is 2.18. The maximum Gasteiger partial charge on any atom is 0.347 e. The molecule has 0 spiro atoms. The zero-order chi connectivity index (χ0) is 31.4. The van der Waals surface area contributed by atoms with Gasteiger partial charge in [-0.05, 0) is 73.5 Å². The third-order valence-corrected chi connectivity index (χ3v) is 8.30. The summed E-state index contributed by atoms with van der Waals surface area (Å²) in [5, 5.41) is 22.1. The molecule has 0 aliphatic rings. The number of hydrogen-bond acceptors (Lipinski definition) is 8. The molecule has 10 nitrogen and oxygen atoms in total. The van der Waals surface area contributed by atoms with Crippen LogP contribution in [0.1, 0.15) is 12.8 Å². The molecule has 0 aliphatic carbocycles. The monoisotopic (exact) mass is 610 g/mol. The molecule has 0 radical (unpaired) electrons. The summed E-state index contributed by atoms with van der Waals surface area (Å²) < 4.78 is 15.6. The first-order valence-electron chi connectivity index (χ1n) is 14.9. The fraction of sp³-hybridized carbons (Fsp3) is 0.111. The van der Waals surface area contributed by atoms with Gasteiger partial charge >= 0.3 is 11.3 Å². The highest BCUT2D eigenvalue weighted by atomic mass is 16.4. The van der Waals surface area contributed by atoms with Gasteiger partial charge in [-0.3, -0.25) is 0 Å². The molecular weight excluding hydrogens is 584 g/mol. The van der Waals surface area contributed by atoms with Gasteiger partial charge in [-0.1, -0.05) is 36.4 Å². The molecule has 0 saturated carbocycles. The molecule has 0 atom stereocenters. The number of hydrogen-bond donors (Lipinski definition) is 2. The number of para-hydroxylation sites is 2. The number of phenols is 2. The largest absolute Gasteiger partial charge is 0.508 e. The number of rotatable bonds is 7. The molecule has 4 heterocycles. The Hall–Kier alpha value is -6.16. The lowest BCUT2D eigenvalue weighted by atomic mass is 10.2. The molecule has 10 heteroatoms. The van der Waals surface area contributed by atoms with Crippen LogP contribution in [-0.2, 0) is 13.1 Å². The zero-order valence-electron chi connectivity index (χ0n) is 24.4. The van der Waals surface area contributed by atoms with E-state index in [0.717, 1.165) is 34.6 Å². The van der Waals surface area contributed by atoms with Crippen molar-refractivity contribution in [1.82, 2.24) is 19.1 Å². The van der Waals surface area contributed by atoms with E-state index in [1.807, 2.05) is 60.7 Å². The predicted octanol–water partition coefficient (Wildman–Crippen LogP) is 6.82. The van der Waals surface area contributed by atoms with Gasteiger partial charge < -0.3 is 28.2 Å². The van der Waals surface area contributed by atoms with Crippen LogP contribution in [0.15, 0.2) is 115 Å². The Kier molecular flexibility index (Phi) is 6.42. The molecule has 0 amide bonds. The second-order valence-corrected chi connectivity index (χ2v) is 11.2. The van der Waals surface area contributed by atoms with Gasteiger partial charge in [0.2, 0.25) is 11.8 Å². The molecular formula is C36H26N4O6. The van der Waals surface area contributed by atoms with E-state index >= 15 is 0 Å². The van der Waals surface area contributed by atoms with E-state index in [4.69, 9.17) is 8.83 Å². The molecule has 46 heavy (non-hydrogen) atoms. The van der Waals surface area contributed by atoms with E-state index in [1.54, 1.807) is 12.1 Å². The summed E-state index contributed by atoms with van der Waals surface area (Å²) in [6.07, 6.45) is 1.55. The molecule has 0 fully saturated rings. The summed E-state index contributed by atoms with van der Waals surface area (Å²) in [4.78, 5) is 34.9. The van der Waals surface area contributed by atoms with Gasteiger partial charge in [-0.15, -0.1) is 0 Å². The van der Waals surface area contributed by atoms with Crippen molar-refractivity contribution >= 4 is 43.6 Å². The second-order valence-electron chi connectivity index (χ2n) is 11.2. The van der Waals surface area contributed by atoms with Crippen LogP contribution in [0.2, 0.25) is 0 Å². The molecule has 0 saturated heterocycles. The Balaban J connectivity index is 1.12. The molecule has 4 aromatic heterocycles. The molecule has 226 valence electrons. The highest BCUT2D eigenvalue weighted by Crippen LogP contribution is 2.31. The number of unbranched alkanes of at least 4 members (excludes halogenated alkanes) is 1. The molecule has 8 aromatic rings. The van der Waals surface area contributed by atoms with E-state index in [0.29, 0.717) is 35.5 Å². The third-order valence-electron chi connectivity index (χ3n) is 8.30. The van der Waals surface area contributed by atoms with Gasteiger partial charge in [0.1, 0.15) is 22.9 Å². The van der Waals surface area contributed by atoms with Crippen LogP contribution in [-0.4, -0.2) is 29.3 Å². The molecule has 0 aliphatic heterocycles. The van der Waals surface area contributed by atoms with Gasteiger partial charge in [0.25, 0.3) is 0 Å². The number of aromatic hydroxyl groups is 2. The Morgan fingerprint density at radius 2 is 1.00 bits per heavy atom. The molecule has 0 bridgehead atoms. The lowest BCUT2D eigenvalue weighted by Crippen LogP contribution is -2.08. The van der Waals surface area contributed by atoms with Crippen molar-refractivity contribution in [2.45, 2.75) is 25.9 Å². The number of benzene rings is 4. The first-order chi connectivity index (χ1) is 22.4. The Bertz CT molecular complexity index is 2400. The molecule has 0 unspecified atom stereocenters. The van der Waals surface area contributed by atoms with Crippen molar-refractivity contribution in [2.75, 3.05) is 0 Å². The Morgan fingerprint density at radius 3 is 1.46 bits per heavy atom.